The molecule has 0 aliphatic carbocycles. The number of ether oxygens (including phenoxy) is 1. The molecule has 2 nitrogen and oxygen atoms in total. The van der Waals surface area contributed by atoms with Crippen molar-refractivity contribution < 1.29 is 4.74 Å². The molecule has 1 saturated heterocycles. The summed E-state index contributed by atoms with van der Waals surface area (Å²) in [7, 11) is 1.80. The van der Waals surface area contributed by atoms with Gasteiger partial charge in [-0.3, -0.25) is 4.90 Å². The van der Waals surface area contributed by atoms with E-state index in [1.165, 1.54) is 15.6 Å². The largest absolute Gasteiger partial charge is 0.380 e. The summed E-state index contributed by atoms with van der Waals surface area (Å²) in [5.74, 6) is 0. The van der Waals surface area contributed by atoms with E-state index in [1.807, 2.05) is 0 Å². The molecular formula is C13H18BrNO. The third-order valence-electron chi connectivity index (χ3n) is 3.34. The van der Waals surface area contributed by atoms with Crippen LogP contribution in [0.15, 0.2) is 22.7 Å². The fraction of sp³-hybridized carbons (Fsp3) is 0.538. The highest BCUT2D eigenvalue weighted by Gasteiger charge is 2.22. The molecule has 2 rings (SSSR count). The van der Waals surface area contributed by atoms with E-state index in [4.69, 9.17) is 4.74 Å². The van der Waals surface area contributed by atoms with E-state index in [2.05, 4.69) is 46.0 Å². The molecule has 1 fully saturated rings. The number of benzene rings is 1. The van der Waals surface area contributed by atoms with Gasteiger partial charge in [-0.15, -0.1) is 0 Å². The van der Waals surface area contributed by atoms with Crippen molar-refractivity contribution in [2.45, 2.75) is 26.0 Å². The first-order chi connectivity index (χ1) is 7.70. The normalized spacial score (nSPS) is 21.6. The molecule has 1 aromatic rings. The van der Waals surface area contributed by atoms with Gasteiger partial charge in [0.05, 0.1) is 6.10 Å². The first-order valence-corrected chi connectivity index (χ1v) is 6.49. The Morgan fingerprint density at radius 2 is 2.31 bits per heavy atom. The third kappa shape index (κ3) is 2.65. The Morgan fingerprint density at radius 1 is 1.50 bits per heavy atom. The van der Waals surface area contributed by atoms with Gasteiger partial charge in [-0.05, 0) is 30.5 Å². The molecule has 1 aliphatic rings. The molecule has 16 heavy (non-hydrogen) atoms. The van der Waals surface area contributed by atoms with Gasteiger partial charge in [0.25, 0.3) is 0 Å². The Hall–Kier alpha value is -0.380. The van der Waals surface area contributed by atoms with Crippen LogP contribution in [0.5, 0.6) is 0 Å². The molecule has 1 aliphatic heterocycles. The molecule has 0 N–H and O–H groups in total. The number of nitrogens with zero attached hydrogens (tertiary/aromatic N) is 1. The van der Waals surface area contributed by atoms with E-state index in [9.17, 15) is 0 Å². The van der Waals surface area contributed by atoms with Crippen LogP contribution in [0.2, 0.25) is 0 Å². The van der Waals surface area contributed by atoms with E-state index in [-0.39, 0.29) is 0 Å². The maximum Gasteiger partial charge on any atom is 0.0710 e. The van der Waals surface area contributed by atoms with Gasteiger partial charge in [0.1, 0.15) is 0 Å². The Bertz CT molecular complexity index is 367. The van der Waals surface area contributed by atoms with Crippen LogP contribution in [0.25, 0.3) is 0 Å². The van der Waals surface area contributed by atoms with Gasteiger partial charge in [0, 0.05) is 31.2 Å². The van der Waals surface area contributed by atoms with Gasteiger partial charge >= 0.3 is 0 Å². The number of rotatable bonds is 3. The maximum atomic E-state index is 5.38. The van der Waals surface area contributed by atoms with Gasteiger partial charge in [-0.25, -0.2) is 0 Å². The fourth-order valence-electron chi connectivity index (χ4n) is 2.20. The van der Waals surface area contributed by atoms with E-state index < -0.39 is 0 Å². The second-order valence-corrected chi connectivity index (χ2v) is 5.26. The highest BCUT2D eigenvalue weighted by molar-refractivity contribution is 9.10. The lowest BCUT2D eigenvalue weighted by molar-refractivity contribution is 0.107. The van der Waals surface area contributed by atoms with E-state index in [0.29, 0.717) is 6.10 Å². The highest BCUT2D eigenvalue weighted by Crippen LogP contribution is 2.22. The van der Waals surface area contributed by atoms with Crippen molar-refractivity contribution >= 4 is 15.9 Å². The summed E-state index contributed by atoms with van der Waals surface area (Å²) in [6, 6.07) is 6.41. The molecule has 0 saturated carbocycles. The predicted molar refractivity (Wildman–Crippen MR) is 69.6 cm³/mol. The summed E-state index contributed by atoms with van der Waals surface area (Å²) >= 11 is 3.58. The second-order valence-electron chi connectivity index (χ2n) is 4.41. The predicted octanol–water partition coefficient (Wildman–Crippen LogP) is 2.98. The minimum atomic E-state index is 0.424. The van der Waals surface area contributed by atoms with Crippen LogP contribution in [0.4, 0.5) is 0 Å². The molecule has 0 unspecified atom stereocenters. The minimum absolute atomic E-state index is 0.424. The van der Waals surface area contributed by atoms with Crippen LogP contribution in [0.1, 0.15) is 17.5 Å². The topological polar surface area (TPSA) is 12.5 Å². The lowest BCUT2D eigenvalue weighted by atomic mass is 10.1. The summed E-state index contributed by atoms with van der Waals surface area (Å²) in [4.78, 5) is 2.46. The Balaban J connectivity index is 2.02. The van der Waals surface area contributed by atoms with Crippen molar-refractivity contribution in [2.75, 3.05) is 20.2 Å². The number of hydrogen-bond acceptors (Lipinski definition) is 2. The molecule has 0 spiro atoms. The quantitative estimate of drug-likeness (QED) is 0.846. The molecule has 3 heteroatoms. The standard InChI is InChI=1S/C13H18BrNO/c1-10-11(4-3-5-13(10)14)8-15-7-6-12(9-15)16-2/h3-5,12H,6-9H2,1-2H3/t12-/m1/s1. The van der Waals surface area contributed by atoms with Gasteiger partial charge in [-0.1, -0.05) is 28.1 Å². The molecule has 1 heterocycles. The zero-order chi connectivity index (χ0) is 11.5. The van der Waals surface area contributed by atoms with Crippen LogP contribution in [-0.2, 0) is 11.3 Å². The van der Waals surface area contributed by atoms with Crippen molar-refractivity contribution in [3.63, 3.8) is 0 Å². The van der Waals surface area contributed by atoms with Crippen molar-refractivity contribution in [3.05, 3.63) is 33.8 Å². The zero-order valence-corrected chi connectivity index (χ0v) is 11.5. The maximum absolute atomic E-state index is 5.38. The van der Waals surface area contributed by atoms with Crippen LogP contribution in [-0.4, -0.2) is 31.2 Å². The van der Waals surface area contributed by atoms with Crippen LogP contribution in [0, 0.1) is 6.92 Å². The van der Waals surface area contributed by atoms with Crippen molar-refractivity contribution in [1.29, 1.82) is 0 Å². The highest BCUT2D eigenvalue weighted by atomic mass is 79.9. The Morgan fingerprint density at radius 3 is 3.00 bits per heavy atom. The summed E-state index contributed by atoms with van der Waals surface area (Å²) in [6.07, 6.45) is 1.58. The van der Waals surface area contributed by atoms with Crippen molar-refractivity contribution in [2.24, 2.45) is 0 Å². The van der Waals surface area contributed by atoms with Gasteiger partial charge in [-0.2, -0.15) is 0 Å². The van der Waals surface area contributed by atoms with Crippen LogP contribution < -0.4 is 0 Å². The first-order valence-electron chi connectivity index (χ1n) is 5.70. The molecule has 88 valence electrons. The van der Waals surface area contributed by atoms with Crippen LogP contribution >= 0.6 is 15.9 Å². The first kappa shape index (κ1) is 12.1. The molecular weight excluding hydrogens is 266 g/mol. The second kappa shape index (κ2) is 5.30. The van der Waals surface area contributed by atoms with Crippen molar-refractivity contribution in [1.82, 2.24) is 4.90 Å². The zero-order valence-electron chi connectivity index (χ0n) is 9.87. The number of hydrogen-bond donors (Lipinski definition) is 0. The fourth-order valence-corrected chi connectivity index (χ4v) is 2.60. The van der Waals surface area contributed by atoms with Crippen molar-refractivity contribution in [3.8, 4) is 0 Å². The SMILES string of the molecule is CO[C@@H]1CCN(Cc2cccc(Br)c2C)C1. The number of likely N-dealkylation sites (tertiary alicyclic amines) is 1. The smallest absolute Gasteiger partial charge is 0.0710 e. The molecule has 0 bridgehead atoms. The Kier molecular flexibility index (Phi) is 4.00. The average molecular weight is 284 g/mol. The summed E-state index contributed by atoms with van der Waals surface area (Å²) < 4.78 is 6.58. The molecule has 1 aromatic carbocycles. The molecule has 0 amide bonds. The molecule has 0 aromatic heterocycles. The summed E-state index contributed by atoms with van der Waals surface area (Å²) in [5.41, 5.74) is 2.76. The summed E-state index contributed by atoms with van der Waals surface area (Å²) in [5, 5.41) is 0. The van der Waals surface area contributed by atoms with E-state index >= 15 is 0 Å². The van der Waals surface area contributed by atoms with Gasteiger partial charge in [0.2, 0.25) is 0 Å². The van der Waals surface area contributed by atoms with E-state index in [0.717, 1.165) is 26.1 Å². The summed E-state index contributed by atoms with van der Waals surface area (Å²) in [6.45, 7) is 5.40. The monoisotopic (exact) mass is 283 g/mol. The van der Waals surface area contributed by atoms with E-state index in [1.54, 1.807) is 7.11 Å². The Labute approximate surface area is 106 Å². The van der Waals surface area contributed by atoms with Gasteiger partial charge < -0.3 is 4.74 Å². The third-order valence-corrected chi connectivity index (χ3v) is 4.20. The average Bonchev–Trinajstić information content (AvgIpc) is 2.73. The van der Waals surface area contributed by atoms with Gasteiger partial charge in [0.15, 0.2) is 0 Å². The van der Waals surface area contributed by atoms with Crippen LogP contribution in [0.3, 0.4) is 0 Å². The lowest BCUT2D eigenvalue weighted by Gasteiger charge is -2.17. The lowest BCUT2D eigenvalue weighted by Crippen LogP contribution is -2.22. The minimum Gasteiger partial charge on any atom is -0.380 e. The number of methoxy groups -OCH3 is 1. The number of halogens is 1. The molecule has 1 atom stereocenters. The molecule has 0 radical (unpaired) electrons.